The topological polar surface area (TPSA) is 51.2 Å². The highest BCUT2D eigenvalue weighted by molar-refractivity contribution is 7.13. The van der Waals surface area contributed by atoms with E-state index in [0.717, 1.165) is 34.8 Å². The standard InChI is InChI=1S/C20H20N2O2S/c1-24-19(23)12-16-3-2-4-17(11-16)14-21-13-15-5-7-18(8-6-15)20-22-9-10-25-20/h2-11,21H,12-14H2,1H3. The third kappa shape index (κ3) is 4.98. The Kier molecular flexibility index (Phi) is 5.93. The second-order valence-electron chi connectivity index (χ2n) is 5.71. The molecule has 0 spiro atoms. The van der Waals surface area contributed by atoms with Gasteiger partial charge in [0.2, 0.25) is 0 Å². The molecule has 0 aliphatic heterocycles. The summed E-state index contributed by atoms with van der Waals surface area (Å²) in [6, 6.07) is 16.5. The molecule has 0 saturated heterocycles. The summed E-state index contributed by atoms with van der Waals surface area (Å²) >= 11 is 1.64. The zero-order chi connectivity index (χ0) is 17.5. The first-order valence-corrected chi connectivity index (χ1v) is 8.97. The number of carbonyl (C=O) groups excluding carboxylic acids is 1. The van der Waals surface area contributed by atoms with Crippen molar-refractivity contribution in [3.63, 3.8) is 0 Å². The molecule has 3 rings (SSSR count). The van der Waals surface area contributed by atoms with Crippen molar-refractivity contribution < 1.29 is 9.53 Å². The number of thiazole rings is 1. The summed E-state index contributed by atoms with van der Waals surface area (Å²) in [6.07, 6.45) is 2.13. The van der Waals surface area contributed by atoms with Crippen LogP contribution in [0.4, 0.5) is 0 Å². The molecule has 0 amide bonds. The number of ether oxygens (including phenoxy) is 1. The van der Waals surface area contributed by atoms with Crippen LogP contribution in [0.25, 0.3) is 10.6 Å². The van der Waals surface area contributed by atoms with E-state index in [4.69, 9.17) is 4.74 Å². The molecule has 0 atom stereocenters. The Morgan fingerprint density at radius 3 is 2.56 bits per heavy atom. The minimum absolute atomic E-state index is 0.217. The van der Waals surface area contributed by atoms with Crippen LogP contribution in [0.3, 0.4) is 0 Å². The van der Waals surface area contributed by atoms with Crippen molar-refractivity contribution in [2.75, 3.05) is 7.11 Å². The van der Waals surface area contributed by atoms with E-state index in [1.807, 2.05) is 29.8 Å². The molecule has 0 aliphatic carbocycles. The lowest BCUT2D eigenvalue weighted by Crippen LogP contribution is -2.13. The molecule has 0 radical (unpaired) electrons. The van der Waals surface area contributed by atoms with Crippen molar-refractivity contribution in [2.24, 2.45) is 0 Å². The molecule has 0 unspecified atom stereocenters. The van der Waals surface area contributed by atoms with Crippen molar-refractivity contribution in [1.29, 1.82) is 0 Å². The smallest absolute Gasteiger partial charge is 0.309 e. The molecule has 0 saturated carbocycles. The van der Waals surface area contributed by atoms with Gasteiger partial charge in [0.1, 0.15) is 5.01 Å². The number of nitrogens with zero attached hydrogens (tertiary/aromatic N) is 1. The van der Waals surface area contributed by atoms with E-state index in [1.165, 1.54) is 12.7 Å². The fourth-order valence-corrected chi connectivity index (χ4v) is 3.22. The molecule has 1 heterocycles. The van der Waals surface area contributed by atoms with Crippen molar-refractivity contribution in [2.45, 2.75) is 19.5 Å². The maximum atomic E-state index is 11.4. The van der Waals surface area contributed by atoms with Gasteiger partial charge in [0.05, 0.1) is 13.5 Å². The molecule has 128 valence electrons. The van der Waals surface area contributed by atoms with Crippen LogP contribution in [0.2, 0.25) is 0 Å². The van der Waals surface area contributed by atoms with Crippen molar-refractivity contribution in [3.05, 3.63) is 76.8 Å². The Hall–Kier alpha value is -2.50. The normalized spacial score (nSPS) is 10.6. The first-order chi connectivity index (χ1) is 12.2. The Bertz CT molecular complexity index is 814. The molecule has 25 heavy (non-hydrogen) atoms. The molecule has 3 aromatic rings. The number of methoxy groups -OCH3 is 1. The van der Waals surface area contributed by atoms with Gasteiger partial charge in [0.15, 0.2) is 0 Å². The maximum absolute atomic E-state index is 11.4. The third-order valence-corrected chi connectivity index (χ3v) is 4.68. The number of esters is 1. The van der Waals surface area contributed by atoms with Crippen molar-refractivity contribution in [3.8, 4) is 10.6 Å². The number of aromatic nitrogens is 1. The largest absolute Gasteiger partial charge is 0.469 e. The minimum atomic E-state index is -0.217. The van der Waals surface area contributed by atoms with Gasteiger partial charge < -0.3 is 10.1 Å². The van der Waals surface area contributed by atoms with Gasteiger partial charge in [-0.05, 0) is 16.7 Å². The fraction of sp³-hybridized carbons (Fsp3) is 0.200. The number of hydrogen-bond acceptors (Lipinski definition) is 5. The number of nitrogens with one attached hydrogen (secondary N) is 1. The summed E-state index contributed by atoms with van der Waals surface area (Å²) < 4.78 is 4.71. The Morgan fingerprint density at radius 2 is 1.84 bits per heavy atom. The van der Waals surface area contributed by atoms with Crippen molar-refractivity contribution in [1.82, 2.24) is 10.3 Å². The minimum Gasteiger partial charge on any atom is -0.469 e. The first-order valence-electron chi connectivity index (χ1n) is 8.09. The third-order valence-electron chi connectivity index (χ3n) is 3.86. The van der Waals surface area contributed by atoms with Crippen LogP contribution in [-0.2, 0) is 29.0 Å². The van der Waals surface area contributed by atoms with Crippen LogP contribution in [0, 0.1) is 0 Å². The van der Waals surface area contributed by atoms with Gasteiger partial charge in [-0.3, -0.25) is 4.79 Å². The van der Waals surface area contributed by atoms with Gasteiger partial charge in [-0.2, -0.15) is 0 Å². The summed E-state index contributed by atoms with van der Waals surface area (Å²) in [6.45, 7) is 1.54. The predicted molar refractivity (Wildman–Crippen MR) is 100 cm³/mol. The molecule has 0 bridgehead atoms. The monoisotopic (exact) mass is 352 g/mol. The summed E-state index contributed by atoms with van der Waals surface area (Å²) in [5.74, 6) is -0.217. The van der Waals surface area contributed by atoms with Crippen LogP contribution in [-0.4, -0.2) is 18.1 Å². The number of benzene rings is 2. The number of rotatable bonds is 7. The van der Waals surface area contributed by atoms with E-state index >= 15 is 0 Å². The number of hydrogen-bond donors (Lipinski definition) is 1. The van der Waals surface area contributed by atoms with E-state index in [1.54, 1.807) is 11.3 Å². The summed E-state index contributed by atoms with van der Waals surface area (Å²) in [4.78, 5) is 15.7. The second kappa shape index (κ2) is 8.55. The molecule has 1 N–H and O–H groups in total. The van der Waals surface area contributed by atoms with Crippen LogP contribution in [0.15, 0.2) is 60.1 Å². The van der Waals surface area contributed by atoms with E-state index in [-0.39, 0.29) is 5.97 Å². The first kappa shape index (κ1) is 17.3. The average molecular weight is 352 g/mol. The maximum Gasteiger partial charge on any atom is 0.309 e. The molecule has 2 aromatic carbocycles. The summed E-state index contributed by atoms with van der Waals surface area (Å²) in [5, 5.41) is 6.47. The van der Waals surface area contributed by atoms with Gasteiger partial charge in [0, 0.05) is 30.2 Å². The summed E-state index contributed by atoms with van der Waals surface area (Å²) in [5.41, 5.74) is 4.50. The fourth-order valence-electron chi connectivity index (χ4n) is 2.57. The van der Waals surface area contributed by atoms with Gasteiger partial charge in [-0.25, -0.2) is 4.98 Å². The van der Waals surface area contributed by atoms with E-state index in [2.05, 4.69) is 40.6 Å². The molecule has 0 fully saturated rings. The van der Waals surface area contributed by atoms with Gasteiger partial charge in [0.25, 0.3) is 0 Å². The van der Waals surface area contributed by atoms with Gasteiger partial charge in [-0.15, -0.1) is 11.3 Å². The average Bonchev–Trinajstić information content (AvgIpc) is 3.17. The van der Waals surface area contributed by atoms with Crippen LogP contribution >= 0.6 is 11.3 Å². The van der Waals surface area contributed by atoms with Crippen LogP contribution < -0.4 is 5.32 Å². The lowest BCUT2D eigenvalue weighted by Gasteiger charge is -2.08. The Morgan fingerprint density at radius 1 is 1.08 bits per heavy atom. The molecule has 5 heteroatoms. The van der Waals surface area contributed by atoms with Crippen LogP contribution in [0.5, 0.6) is 0 Å². The Labute approximate surface area is 151 Å². The molecule has 1 aromatic heterocycles. The highest BCUT2D eigenvalue weighted by Gasteiger charge is 2.04. The van der Waals surface area contributed by atoms with Crippen molar-refractivity contribution >= 4 is 17.3 Å². The van der Waals surface area contributed by atoms with E-state index in [9.17, 15) is 4.79 Å². The molecular formula is C20H20N2O2S. The SMILES string of the molecule is COC(=O)Cc1cccc(CNCc2ccc(-c3nccs3)cc2)c1. The van der Waals surface area contributed by atoms with E-state index < -0.39 is 0 Å². The highest BCUT2D eigenvalue weighted by Crippen LogP contribution is 2.21. The molecule has 0 aliphatic rings. The zero-order valence-corrected chi connectivity index (χ0v) is 14.9. The number of carbonyl (C=O) groups is 1. The van der Waals surface area contributed by atoms with Gasteiger partial charge in [-0.1, -0.05) is 48.5 Å². The summed E-state index contributed by atoms with van der Waals surface area (Å²) in [7, 11) is 1.41. The van der Waals surface area contributed by atoms with Gasteiger partial charge >= 0.3 is 5.97 Å². The van der Waals surface area contributed by atoms with E-state index in [0.29, 0.717) is 6.42 Å². The predicted octanol–water partition coefficient (Wildman–Crippen LogP) is 3.82. The lowest BCUT2D eigenvalue weighted by molar-refractivity contribution is -0.139. The highest BCUT2D eigenvalue weighted by atomic mass is 32.1. The molecule has 4 nitrogen and oxygen atoms in total. The Balaban J connectivity index is 1.52. The second-order valence-corrected chi connectivity index (χ2v) is 6.61. The zero-order valence-electron chi connectivity index (χ0n) is 14.1. The quantitative estimate of drug-likeness (QED) is 0.657. The lowest BCUT2D eigenvalue weighted by atomic mass is 10.1. The van der Waals surface area contributed by atoms with Crippen LogP contribution in [0.1, 0.15) is 16.7 Å². The molecular weight excluding hydrogens is 332 g/mol.